The molecule has 5 heteroatoms. The molecule has 0 unspecified atom stereocenters. The van der Waals surface area contributed by atoms with Crippen LogP contribution >= 0.6 is 27.7 Å². The molecule has 0 fully saturated rings. The lowest BCUT2D eigenvalue weighted by molar-refractivity contribution is 0.0956. The van der Waals surface area contributed by atoms with Crippen LogP contribution in [0, 0.1) is 0 Å². The van der Waals surface area contributed by atoms with Crippen molar-refractivity contribution in [3.63, 3.8) is 0 Å². The monoisotopic (exact) mass is 526 g/mol. The topological polar surface area (TPSA) is 44.9 Å². The van der Waals surface area contributed by atoms with Crippen LogP contribution in [0.1, 0.15) is 10.4 Å². The molecule has 0 atom stereocenters. The van der Waals surface area contributed by atoms with Gasteiger partial charge < -0.3 is 10.3 Å². The van der Waals surface area contributed by atoms with Gasteiger partial charge in [-0.25, -0.2) is 0 Å². The number of carbonyl (C=O) groups is 1. The summed E-state index contributed by atoms with van der Waals surface area (Å²) in [5.74, 6) is 0.728. The van der Waals surface area contributed by atoms with Crippen LogP contribution in [0.4, 0.5) is 0 Å². The molecule has 0 bridgehead atoms. The molecule has 0 aliphatic heterocycles. The molecular formula is C29H23BrN2OS. The second-order valence-electron chi connectivity index (χ2n) is 7.93. The van der Waals surface area contributed by atoms with Crippen molar-refractivity contribution in [2.75, 3.05) is 12.3 Å². The Bertz CT molecular complexity index is 1410. The minimum absolute atomic E-state index is 0.0488. The average molecular weight is 527 g/mol. The maximum absolute atomic E-state index is 12.7. The number of fused-ring (bicyclic) bond motifs is 1. The standard InChI is InChI=1S/C29H23BrN2OS/c30-24-16-14-22(15-17-24)27-28(25-8-4-5-9-26(25)32-27)34-19-18-31-29(33)23-12-10-21(11-13-23)20-6-2-1-3-7-20/h1-17,32H,18-19H2,(H,31,33). The van der Waals surface area contributed by atoms with Gasteiger partial charge in [-0.3, -0.25) is 4.79 Å². The summed E-state index contributed by atoms with van der Waals surface area (Å²) in [6.07, 6.45) is 0. The van der Waals surface area contributed by atoms with Gasteiger partial charge in [0.1, 0.15) is 0 Å². The van der Waals surface area contributed by atoms with Crippen molar-refractivity contribution in [1.82, 2.24) is 10.3 Å². The lowest BCUT2D eigenvalue weighted by Gasteiger charge is -2.08. The molecule has 0 aliphatic carbocycles. The number of nitrogens with one attached hydrogen (secondary N) is 2. The van der Waals surface area contributed by atoms with Crippen molar-refractivity contribution in [3.8, 4) is 22.4 Å². The average Bonchev–Trinajstić information content (AvgIpc) is 3.26. The SMILES string of the molecule is O=C(NCCSc1c(-c2ccc(Br)cc2)[nH]c2ccccc12)c1ccc(-c2ccccc2)cc1. The number of aromatic amines is 1. The number of rotatable bonds is 7. The summed E-state index contributed by atoms with van der Waals surface area (Å²) in [5, 5.41) is 4.26. The van der Waals surface area contributed by atoms with Gasteiger partial charge in [-0.05, 0) is 47.0 Å². The maximum Gasteiger partial charge on any atom is 0.251 e. The molecule has 0 radical (unpaired) electrons. The zero-order chi connectivity index (χ0) is 23.3. The number of benzene rings is 4. The molecule has 168 valence electrons. The number of hydrogen-bond donors (Lipinski definition) is 2. The van der Waals surface area contributed by atoms with E-state index < -0.39 is 0 Å². The lowest BCUT2D eigenvalue weighted by atomic mass is 10.0. The Labute approximate surface area is 211 Å². The normalized spacial score (nSPS) is 11.0. The number of hydrogen-bond acceptors (Lipinski definition) is 2. The van der Waals surface area contributed by atoms with E-state index >= 15 is 0 Å². The summed E-state index contributed by atoms with van der Waals surface area (Å²) < 4.78 is 1.06. The van der Waals surface area contributed by atoms with Crippen molar-refractivity contribution in [3.05, 3.63) is 113 Å². The van der Waals surface area contributed by atoms with Crippen LogP contribution < -0.4 is 5.32 Å². The van der Waals surface area contributed by atoms with Gasteiger partial charge in [0, 0.05) is 38.1 Å². The fourth-order valence-electron chi connectivity index (χ4n) is 3.95. The third-order valence-electron chi connectivity index (χ3n) is 5.68. The first-order chi connectivity index (χ1) is 16.7. The number of halogens is 1. The summed E-state index contributed by atoms with van der Waals surface area (Å²) in [6.45, 7) is 0.587. The van der Waals surface area contributed by atoms with E-state index in [1.165, 1.54) is 10.3 Å². The predicted octanol–water partition coefficient (Wildman–Crippen LogP) is 7.79. The van der Waals surface area contributed by atoms with E-state index in [9.17, 15) is 4.79 Å². The number of amides is 1. The van der Waals surface area contributed by atoms with Crippen molar-refractivity contribution < 1.29 is 4.79 Å². The number of aromatic nitrogens is 1. The van der Waals surface area contributed by atoms with Gasteiger partial charge in [-0.2, -0.15) is 0 Å². The summed E-state index contributed by atoms with van der Waals surface area (Å²) in [7, 11) is 0. The molecule has 1 heterocycles. The van der Waals surface area contributed by atoms with Gasteiger partial charge >= 0.3 is 0 Å². The minimum Gasteiger partial charge on any atom is -0.354 e. The van der Waals surface area contributed by atoms with E-state index in [2.05, 4.69) is 80.8 Å². The zero-order valence-corrected chi connectivity index (χ0v) is 20.8. The molecule has 5 rings (SSSR count). The third kappa shape index (κ3) is 4.96. The first kappa shape index (κ1) is 22.5. The Hall–Kier alpha value is -3.28. The van der Waals surface area contributed by atoms with Gasteiger partial charge in [0.25, 0.3) is 5.91 Å². The fraction of sp³-hybridized carbons (Fsp3) is 0.0690. The fourth-order valence-corrected chi connectivity index (χ4v) is 5.27. The van der Waals surface area contributed by atoms with Crippen LogP contribution in [0.15, 0.2) is 112 Å². The van der Waals surface area contributed by atoms with Crippen molar-refractivity contribution >= 4 is 44.5 Å². The van der Waals surface area contributed by atoms with E-state index in [4.69, 9.17) is 0 Å². The van der Waals surface area contributed by atoms with Crippen molar-refractivity contribution in [2.24, 2.45) is 0 Å². The molecule has 0 spiro atoms. The van der Waals surface area contributed by atoms with Crippen LogP contribution in [0.25, 0.3) is 33.3 Å². The van der Waals surface area contributed by atoms with E-state index in [0.717, 1.165) is 38.1 Å². The number of H-pyrrole nitrogens is 1. The smallest absolute Gasteiger partial charge is 0.251 e. The van der Waals surface area contributed by atoms with Gasteiger partial charge in [0.05, 0.1) is 5.69 Å². The minimum atomic E-state index is -0.0488. The summed E-state index contributed by atoms with van der Waals surface area (Å²) in [4.78, 5) is 17.4. The van der Waals surface area contributed by atoms with Crippen molar-refractivity contribution in [2.45, 2.75) is 4.90 Å². The maximum atomic E-state index is 12.7. The first-order valence-electron chi connectivity index (χ1n) is 11.1. The van der Waals surface area contributed by atoms with Crippen LogP contribution in [0.2, 0.25) is 0 Å². The van der Waals surface area contributed by atoms with Crippen LogP contribution in [0.5, 0.6) is 0 Å². The Kier molecular flexibility index (Phi) is 6.84. The molecule has 5 aromatic rings. The molecule has 0 saturated carbocycles. The van der Waals surface area contributed by atoms with Crippen LogP contribution in [0.3, 0.4) is 0 Å². The summed E-state index contributed by atoms with van der Waals surface area (Å²) in [5.41, 5.74) is 6.29. The predicted molar refractivity (Wildman–Crippen MR) is 146 cm³/mol. The van der Waals surface area contributed by atoms with Crippen LogP contribution in [-0.4, -0.2) is 23.2 Å². The Morgan fingerprint density at radius 1 is 0.765 bits per heavy atom. The molecule has 0 aliphatic rings. The van der Waals surface area contributed by atoms with Gasteiger partial charge in [-0.1, -0.05) is 88.7 Å². The highest BCUT2D eigenvalue weighted by molar-refractivity contribution is 9.10. The van der Waals surface area contributed by atoms with E-state index in [-0.39, 0.29) is 5.91 Å². The number of thioether (sulfide) groups is 1. The second-order valence-corrected chi connectivity index (χ2v) is 9.95. The largest absolute Gasteiger partial charge is 0.354 e. The summed E-state index contributed by atoms with van der Waals surface area (Å²) in [6, 6.07) is 34.6. The second kappa shape index (κ2) is 10.3. The van der Waals surface area contributed by atoms with Crippen molar-refractivity contribution in [1.29, 1.82) is 0 Å². The van der Waals surface area contributed by atoms with Gasteiger partial charge in [-0.15, -0.1) is 11.8 Å². The highest BCUT2D eigenvalue weighted by atomic mass is 79.9. The molecule has 1 aromatic heterocycles. The molecular weight excluding hydrogens is 504 g/mol. The number of carbonyl (C=O) groups excluding carboxylic acids is 1. The molecule has 3 nitrogen and oxygen atoms in total. The quantitative estimate of drug-likeness (QED) is 0.168. The third-order valence-corrected chi connectivity index (χ3v) is 7.33. The summed E-state index contributed by atoms with van der Waals surface area (Å²) >= 11 is 5.28. The number of para-hydroxylation sites is 1. The van der Waals surface area contributed by atoms with Crippen LogP contribution in [-0.2, 0) is 0 Å². The first-order valence-corrected chi connectivity index (χ1v) is 12.9. The highest BCUT2D eigenvalue weighted by Gasteiger charge is 2.14. The zero-order valence-electron chi connectivity index (χ0n) is 18.4. The van der Waals surface area contributed by atoms with Gasteiger partial charge in [0.2, 0.25) is 0 Å². The molecule has 1 amide bonds. The Morgan fingerprint density at radius 3 is 2.18 bits per heavy atom. The highest BCUT2D eigenvalue weighted by Crippen LogP contribution is 2.37. The Morgan fingerprint density at radius 2 is 1.41 bits per heavy atom. The van der Waals surface area contributed by atoms with E-state index in [0.29, 0.717) is 12.1 Å². The van der Waals surface area contributed by atoms with E-state index in [1.807, 2.05) is 48.5 Å². The Balaban J connectivity index is 1.25. The molecule has 2 N–H and O–H groups in total. The molecule has 4 aromatic carbocycles. The van der Waals surface area contributed by atoms with Gasteiger partial charge in [0.15, 0.2) is 0 Å². The lowest BCUT2D eigenvalue weighted by Crippen LogP contribution is -2.25. The molecule has 34 heavy (non-hydrogen) atoms. The van der Waals surface area contributed by atoms with E-state index in [1.54, 1.807) is 11.8 Å². The molecule has 0 saturated heterocycles.